The monoisotopic (exact) mass is 370 g/mol. The summed E-state index contributed by atoms with van der Waals surface area (Å²) in [5.41, 5.74) is 9.45. The van der Waals surface area contributed by atoms with E-state index in [-0.39, 0.29) is 6.04 Å². The van der Waals surface area contributed by atoms with Crippen molar-refractivity contribution in [3.8, 4) is 11.5 Å². The Hall–Kier alpha value is -2.73. The Morgan fingerprint density at radius 1 is 1.04 bits per heavy atom. The highest BCUT2D eigenvalue weighted by molar-refractivity contribution is 5.72. The molecule has 0 fully saturated rings. The van der Waals surface area contributed by atoms with Gasteiger partial charge in [-0.2, -0.15) is 0 Å². The minimum atomic E-state index is -0.429. The molecule has 6 nitrogen and oxygen atoms in total. The summed E-state index contributed by atoms with van der Waals surface area (Å²) in [7, 11) is 0. The van der Waals surface area contributed by atoms with E-state index in [1.807, 2.05) is 25.1 Å². The van der Waals surface area contributed by atoms with Crippen LogP contribution >= 0.6 is 0 Å². The summed E-state index contributed by atoms with van der Waals surface area (Å²) in [5.74, 6) is 1.87. The molecule has 1 aliphatic heterocycles. The fourth-order valence-electron chi connectivity index (χ4n) is 2.86. The van der Waals surface area contributed by atoms with Crippen molar-refractivity contribution in [2.24, 2.45) is 5.73 Å². The maximum Gasteiger partial charge on any atom is 0.417 e. The highest BCUT2D eigenvalue weighted by atomic mass is 16.6. The molecule has 6 heteroatoms. The van der Waals surface area contributed by atoms with E-state index in [1.54, 1.807) is 6.07 Å². The van der Waals surface area contributed by atoms with Crippen LogP contribution in [-0.4, -0.2) is 18.2 Å². The van der Waals surface area contributed by atoms with Gasteiger partial charge in [0.2, 0.25) is 0 Å². The van der Waals surface area contributed by atoms with Gasteiger partial charge in [0.05, 0.1) is 5.52 Å². The molecule has 1 atom stereocenters. The number of oxazole rings is 1. The molecule has 2 aromatic carbocycles. The normalized spacial score (nSPS) is 14.0. The Balaban J connectivity index is 0.000000156. The number of aromatic amines is 1. The molecule has 144 valence electrons. The Morgan fingerprint density at radius 3 is 2.44 bits per heavy atom. The number of aromatic nitrogens is 1. The number of ether oxygens (including phenoxy) is 2. The number of nitrogens with two attached hydrogens (primary N) is 1. The van der Waals surface area contributed by atoms with Crippen LogP contribution in [0.5, 0.6) is 11.5 Å². The van der Waals surface area contributed by atoms with Crippen LogP contribution in [-0.2, 0) is 0 Å². The summed E-state index contributed by atoms with van der Waals surface area (Å²) in [6.45, 7) is 7.69. The number of hydrogen-bond acceptors (Lipinski definition) is 5. The molecule has 0 aliphatic carbocycles. The van der Waals surface area contributed by atoms with Crippen LogP contribution in [0.25, 0.3) is 11.1 Å². The van der Waals surface area contributed by atoms with Crippen molar-refractivity contribution in [1.29, 1.82) is 0 Å². The van der Waals surface area contributed by atoms with Crippen LogP contribution in [0.3, 0.4) is 0 Å². The Morgan fingerprint density at radius 2 is 1.74 bits per heavy atom. The van der Waals surface area contributed by atoms with Crippen molar-refractivity contribution in [2.45, 2.75) is 39.2 Å². The molecule has 0 amide bonds. The average molecular weight is 370 g/mol. The van der Waals surface area contributed by atoms with E-state index in [2.05, 4.69) is 31.0 Å². The molecule has 27 heavy (non-hydrogen) atoms. The molecule has 3 aromatic rings. The number of rotatable bonds is 3. The van der Waals surface area contributed by atoms with Crippen LogP contribution in [0.4, 0.5) is 0 Å². The third-order valence-electron chi connectivity index (χ3n) is 4.54. The maximum atomic E-state index is 10.9. The van der Waals surface area contributed by atoms with Crippen molar-refractivity contribution < 1.29 is 13.9 Å². The van der Waals surface area contributed by atoms with Crippen LogP contribution in [0.15, 0.2) is 45.6 Å². The van der Waals surface area contributed by atoms with E-state index in [9.17, 15) is 4.79 Å². The lowest BCUT2D eigenvalue weighted by Gasteiger charge is -2.19. The van der Waals surface area contributed by atoms with Crippen LogP contribution in [0.1, 0.15) is 50.3 Å². The Kier molecular flexibility index (Phi) is 5.86. The second-order valence-electron chi connectivity index (χ2n) is 6.84. The van der Waals surface area contributed by atoms with Gasteiger partial charge >= 0.3 is 5.76 Å². The van der Waals surface area contributed by atoms with Crippen molar-refractivity contribution in [3.63, 3.8) is 0 Å². The lowest BCUT2D eigenvalue weighted by molar-refractivity contribution is 0.171. The van der Waals surface area contributed by atoms with Crippen molar-refractivity contribution >= 4 is 11.1 Å². The molecular weight excluding hydrogens is 344 g/mol. The van der Waals surface area contributed by atoms with Gasteiger partial charge in [0.1, 0.15) is 13.2 Å². The van der Waals surface area contributed by atoms with Gasteiger partial charge in [0.15, 0.2) is 17.1 Å². The predicted molar refractivity (Wildman–Crippen MR) is 106 cm³/mol. The van der Waals surface area contributed by atoms with Crippen molar-refractivity contribution in [3.05, 3.63) is 58.1 Å². The molecule has 0 spiro atoms. The van der Waals surface area contributed by atoms with Crippen LogP contribution in [0, 0.1) is 0 Å². The predicted octanol–water partition coefficient (Wildman–Crippen LogP) is 4.11. The van der Waals surface area contributed by atoms with Crippen LogP contribution in [0.2, 0.25) is 0 Å². The minimum absolute atomic E-state index is 0.0119. The van der Waals surface area contributed by atoms with Gasteiger partial charge in [-0.3, -0.25) is 4.98 Å². The summed E-state index contributed by atoms with van der Waals surface area (Å²) in [6, 6.07) is 11.7. The first-order chi connectivity index (χ1) is 13.0. The Bertz CT molecular complexity index is 958. The largest absolute Gasteiger partial charge is 0.486 e. The van der Waals surface area contributed by atoms with Crippen LogP contribution < -0.4 is 21.0 Å². The highest BCUT2D eigenvalue weighted by Crippen LogP contribution is 2.32. The third kappa shape index (κ3) is 4.52. The molecule has 0 bridgehead atoms. The van der Waals surface area contributed by atoms with Gasteiger partial charge in [0, 0.05) is 6.04 Å². The molecule has 0 saturated carbocycles. The van der Waals surface area contributed by atoms with E-state index >= 15 is 0 Å². The molecule has 1 aromatic heterocycles. The number of hydrogen-bond donors (Lipinski definition) is 2. The summed E-state index contributed by atoms with van der Waals surface area (Å²) in [5, 5.41) is 0. The van der Waals surface area contributed by atoms with E-state index in [4.69, 9.17) is 19.6 Å². The smallest absolute Gasteiger partial charge is 0.417 e. The first kappa shape index (κ1) is 19.0. The highest BCUT2D eigenvalue weighted by Gasteiger charge is 2.12. The lowest BCUT2D eigenvalue weighted by Crippen LogP contribution is -2.15. The van der Waals surface area contributed by atoms with Gasteiger partial charge in [-0.15, -0.1) is 0 Å². The van der Waals surface area contributed by atoms with Crippen molar-refractivity contribution in [2.75, 3.05) is 13.2 Å². The molecule has 0 saturated heterocycles. The summed E-state index contributed by atoms with van der Waals surface area (Å²) < 4.78 is 15.8. The summed E-state index contributed by atoms with van der Waals surface area (Å²) >= 11 is 0. The van der Waals surface area contributed by atoms with Gasteiger partial charge in [-0.05, 0) is 47.7 Å². The number of H-pyrrole nitrogens is 1. The molecule has 3 N–H and O–H groups in total. The molecule has 4 rings (SSSR count). The molecule has 1 unspecified atom stereocenters. The fourth-order valence-corrected chi connectivity index (χ4v) is 2.86. The van der Waals surface area contributed by atoms with E-state index < -0.39 is 5.76 Å². The third-order valence-corrected chi connectivity index (χ3v) is 4.54. The first-order valence-electron chi connectivity index (χ1n) is 9.25. The zero-order chi connectivity index (χ0) is 19.4. The zero-order valence-electron chi connectivity index (χ0n) is 16.0. The van der Waals surface area contributed by atoms with E-state index in [0.29, 0.717) is 30.2 Å². The molecule has 1 aliphatic rings. The number of nitrogens with one attached hydrogen (secondary N) is 1. The number of fused-ring (bicyclic) bond motifs is 2. The molecular formula is C21H26N2O4. The molecule has 2 heterocycles. The lowest BCUT2D eigenvalue weighted by atomic mass is 10.0. The van der Waals surface area contributed by atoms with Gasteiger partial charge < -0.3 is 19.6 Å². The number of benzene rings is 2. The second-order valence-corrected chi connectivity index (χ2v) is 6.84. The Labute approximate surface area is 158 Å². The van der Waals surface area contributed by atoms with Gasteiger partial charge in [-0.25, -0.2) is 4.79 Å². The standard InChI is InChI=1S/C11H14O2.C10H12N2O2/c1-8(2)9-3-4-10-11(7-9)13-6-5-12-10;1-2-7(11)6-3-4-9-8(5-6)12-10(13)14-9/h3-4,7-8H,5-6H2,1-2H3;3-5,7H,2,11H2,1H3,(H,12,13). The van der Waals surface area contributed by atoms with E-state index in [0.717, 1.165) is 23.5 Å². The minimum Gasteiger partial charge on any atom is -0.486 e. The first-order valence-corrected chi connectivity index (χ1v) is 9.25. The zero-order valence-corrected chi connectivity index (χ0v) is 16.0. The SMILES string of the molecule is CC(C)c1ccc2c(c1)OCCO2.CCC(N)c1ccc2oc(=O)[nH]c2c1. The molecule has 0 radical (unpaired) electrons. The maximum absolute atomic E-state index is 10.9. The second kappa shape index (κ2) is 8.31. The average Bonchev–Trinajstić information content (AvgIpc) is 3.06. The van der Waals surface area contributed by atoms with Gasteiger partial charge in [-0.1, -0.05) is 32.9 Å². The summed E-state index contributed by atoms with van der Waals surface area (Å²) in [6.07, 6.45) is 0.869. The van der Waals surface area contributed by atoms with Crippen molar-refractivity contribution in [1.82, 2.24) is 4.98 Å². The quantitative estimate of drug-likeness (QED) is 0.724. The fraction of sp³-hybridized carbons (Fsp3) is 0.381. The van der Waals surface area contributed by atoms with Gasteiger partial charge in [0.25, 0.3) is 0 Å². The van der Waals surface area contributed by atoms with E-state index in [1.165, 1.54) is 5.56 Å². The summed E-state index contributed by atoms with van der Waals surface area (Å²) in [4.78, 5) is 13.5. The topological polar surface area (TPSA) is 90.5 Å².